The summed E-state index contributed by atoms with van der Waals surface area (Å²) in [5.74, 6) is 1.34. The van der Waals surface area contributed by atoms with Crippen LogP contribution >= 0.6 is 0 Å². The van der Waals surface area contributed by atoms with E-state index in [1.165, 1.54) is 0 Å². The first kappa shape index (κ1) is 18.0. The van der Waals surface area contributed by atoms with E-state index in [0.29, 0.717) is 37.9 Å². The van der Waals surface area contributed by atoms with Crippen molar-refractivity contribution in [2.45, 2.75) is 32.1 Å². The van der Waals surface area contributed by atoms with Crippen LogP contribution in [-0.4, -0.2) is 53.9 Å². The Balaban J connectivity index is 1.59. The molecule has 3 rings (SSSR count). The van der Waals surface area contributed by atoms with Crippen molar-refractivity contribution >= 4 is 10.0 Å². The average molecular weight is 364 g/mol. The zero-order valence-electron chi connectivity index (χ0n) is 14.6. The van der Waals surface area contributed by atoms with E-state index in [0.717, 1.165) is 12.0 Å². The maximum Gasteiger partial charge on any atom is 0.243 e. The summed E-state index contributed by atoms with van der Waals surface area (Å²) in [4.78, 5) is 6.56. The van der Waals surface area contributed by atoms with Crippen LogP contribution in [-0.2, 0) is 22.2 Å². The van der Waals surface area contributed by atoms with Crippen LogP contribution < -0.4 is 0 Å². The van der Waals surface area contributed by atoms with E-state index >= 15 is 0 Å². The molecular weight excluding hydrogens is 340 g/mol. The number of nitrogens with zero attached hydrogens (tertiary/aromatic N) is 4. The zero-order valence-corrected chi connectivity index (χ0v) is 15.4. The highest BCUT2D eigenvalue weighted by molar-refractivity contribution is 7.88. The monoisotopic (exact) mass is 364 g/mol. The summed E-state index contributed by atoms with van der Waals surface area (Å²) in [6.45, 7) is 6.26. The molecule has 7 nitrogen and oxygen atoms in total. The molecule has 0 aliphatic carbocycles. The van der Waals surface area contributed by atoms with Crippen molar-refractivity contribution in [3.05, 3.63) is 47.6 Å². The van der Waals surface area contributed by atoms with Gasteiger partial charge in [0.15, 0.2) is 5.82 Å². The lowest BCUT2D eigenvalue weighted by atomic mass is 10.2. The quantitative estimate of drug-likeness (QED) is 0.778. The summed E-state index contributed by atoms with van der Waals surface area (Å²) in [5.41, 5.74) is 0.816. The number of piperazine rings is 1. The van der Waals surface area contributed by atoms with E-state index < -0.39 is 10.0 Å². The summed E-state index contributed by atoms with van der Waals surface area (Å²) in [7, 11) is -3.29. The molecule has 0 radical (unpaired) electrons. The van der Waals surface area contributed by atoms with E-state index in [-0.39, 0.29) is 11.8 Å². The van der Waals surface area contributed by atoms with Gasteiger partial charge in [-0.1, -0.05) is 42.4 Å². The Hall–Kier alpha value is -1.77. The lowest BCUT2D eigenvalue weighted by molar-refractivity contribution is 0.124. The molecule has 25 heavy (non-hydrogen) atoms. The molecule has 1 aromatic carbocycles. The summed E-state index contributed by atoms with van der Waals surface area (Å²) >= 11 is 0. The van der Waals surface area contributed by atoms with Gasteiger partial charge in [0.05, 0.1) is 11.8 Å². The minimum absolute atomic E-state index is 0.00761. The first-order chi connectivity index (χ1) is 12.0. The molecule has 0 amide bonds. The molecule has 0 spiro atoms. The number of hydrogen-bond donors (Lipinski definition) is 0. The number of sulfonamides is 1. The van der Waals surface area contributed by atoms with Crippen molar-refractivity contribution in [3.8, 4) is 0 Å². The summed E-state index contributed by atoms with van der Waals surface area (Å²) in [6.07, 6.45) is 0.738. The minimum Gasteiger partial charge on any atom is -0.338 e. The molecule has 1 aliphatic rings. The number of aromatic nitrogens is 2. The number of hydrogen-bond acceptors (Lipinski definition) is 6. The van der Waals surface area contributed by atoms with E-state index in [4.69, 9.17) is 4.52 Å². The van der Waals surface area contributed by atoms with Gasteiger partial charge in [-0.25, -0.2) is 8.42 Å². The second-order valence-electron chi connectivity index (χ2n) is 6.26. The third-order valence-corrected chi connectivity index (χ3v) is 6.41. The van der Waals surface area contributed by atoms with Crippen LogP contribution in [0.25, 0.3) is 0 Å². The van der Waals surface area contributed by atoms with Crippen LogP contribution in [0, 0.1) is 0 Å². The fourth-order valence-corrected chi connectivity index (χ4v) is 4.50. The van der Waals surface area contributed by atoms with Gasteiger partial charge in [0.25, 0.3) is 0 Å². The van der Waals surface area contributed by atoms with Gasteiger partial charge in [0, 0.05) is 32.6 Å². The maximum absolute atomic E-state index is 12.6. The molecule has 2 aromatic rings. The van der Waals surface area contributed by atoms with Gasteiger partial charge in [-0.2, -0.15) is 9.29 Å². The van der Waals surface area contributed by atoms with Gasteiger partial charge >= 0.3 is 0 Å². The van der Waals surface area contributed by atoms with Gasteiger partial charge in [0.1, 0.15) is 0 Å². The molecule has 0 bridgehead atoms. The Morgan fingerprint density at radius 2 is 1.84 bits per heavy atom. The van der Waals surface area contributed by atoms with Crippen LogP contribution in [0.5, 0.6) is 0 Å². The number of aryl methyl sites for hydroxylation is 1. The molecule has 1 fully saturated rings. The largest absolute Gasteiger partial charge is 0.338 e. The van der Waals surface area contributed by atoms with E-state index in [1.807, 2.05) is 44.2 Å². The summed E-state index contributed by atoms with van der Waals surface area (Å²) in [6, 6.07) is 9.29. The van der Waals surface area contributed by atoms with E-state index in [1.54, 1.807) is 4.31 Å². The smallest absolute Gasteiger partial charge is 0.243 e. The van der Waals surface area contributed by atoms with Gasteiger partial charge in [-0.05, 0) is 12.5 Å². The predicted molar refractivity (Wildman–Crippen MR) is 94.3 cm³/mol. The van der Waals surface area contributed by atoms with Gasteiger partial charge in [0.2, 0.25) is 15.9 Å². The molecule has 1 aromatic heterocycles. The lowest BCUT2D eigenvalue weighted by Gasteiger charge is -2.36. The van der Waals surface area contributed by atoms with Crippen LogP contribution in [0.3, 0.4) is 0 Å². The highest BCUT2D eigenvalue weighted by Crippen LogP contribution is 2.22. The Morgan fingerprint density at radius 1 is 1.16 bits per heavy atom. The van der Waals surface area contributed by atoms with Crippen molar-refractivity contribution in [1.82, 2.24) is 19.3 Å². The van der Waals surface area contributed by atoms with Crippen molar-refractivity contribution in [2.24, 2.45) is 0 Å². The third kappa shape index (κ3) is 4.26. The molecule has 2 heterocycles. The fraction of sp³-hybridized carbons (Fsp3) is 0.529. The lowest BCUT2D eigenvalue weighted by Crippen LogP contribution is -2.49. The topological polar surface area (TPSA) is 79.5 Å². The van der Waals surface area contributed by atoms with Crippen LogP contribution in [0.1, 0.15) is 37.2 Å². The van der Waals surface area contributed by atoms with Gasteiger partial charge in [-0.3, -0.25) is 4.90 Å². The predicted octanol–water partition coefficient (Wildman–Crippen LogP) is 1.84. The first-order valence-corrected chi connectivity index (χ1v) is 10.2. The minimum atomic E-state index is -3.29. The normalized spacial score (nSPS) is 18.3. The Labute approximate surface area is 148 Å². The average Bonchev–Trinajstić information content (AvgIpc) is 3.11. The molecule has 1 atom stereocenters. The molecular formula is C17H24N4O3S. The molecule has 0 saturated carbocycles. The Bertz CT molecular complexity index is 783. The standard InChI is InChI=1S/C17H24N4O3S/c1-3-16-18-17(24-19-16)14(2)20-9-11-21(12-10-20)25(22,23)13-15-7-5-4-6-8-15/h4-8,14H,3,9-13H2,1-2H3. The van der Waals surface area contributed by atoms with Crippen LogP contribution in [0.4, 0.5) is 0 Å². The highest BCUT2D eigenvalue weighted by atomic mass is 32.2. The Kier molecular flexibility index (Phi) is 5.51. The molecule has 8 heteroatoms. The van der Waals surface area contributed by atoms with Crippen molar-refractivity contribution in [1.29, 1.82) is 0 Å². The van der Waals surface area contributed by atoms with Crippen LogP contribution in [0.15, 0.2) is 34.9 Å². The maximum atomic E-state index is 12.6. The molecule has 1 aliphatic heterocycles. The highest BCUT2D eigenvalue weighted by Gasteiger charge is 2.30. The van der Waals surface area contributed by atoms with Crippen molar-refractivity contribution in [2.75, 3.05) is 26.2 Å². The summed E-state index contributed by atoms with van der Waals surface area (Å²) < 4.78 is 32.1. The molecule has 136 valence electrons. The summed E-state index contributed by atoms with van der Waals surface area (Å²) in [5, 5.41) is 3.93. The Morgan fingerprint density at radius 3 is 2.44 bits per heavy atom. The molecule has 0 N–H and O–H groups in total. The number of rotatable bonds is 6. The first-order valence-electron chi connectivity index (χ1n) is 8.58. The van der Waals surface area contributed by atoms with Crippen molar-refractivity contribution in [3.63, 3.8) is 0 Å². The van der Waals surface area contributed by atoms with Gasteiger partial charge < -0.3 is 4.52 Å². The number of benzene rings is 1. The second kappa shape index (κ2) is 7.63. The van der Waals surface area contributed by atoms with Crippen molar-refractivity contribution < 1.29 is 12.9 Å². The van der Waals surface area contributed by atoms with Crippen LogP contribution in [0.2, 0.25) is 0 Å². The van der Waals surface area contributed by atoms with E-state index in [9.17, 15) is 8.42 Å². The molecule has 1 unspecified atom stereocenters. The molecule has 1 saturated heterocycles. The SMILES string of the molecule is CCc1noc(C(C)N2CCN(S(=O)(=O)Cc3ccccc3)CC2)n1. The third-order valence-electron chi connectivity index (χ3n) is 4.56. The van der Waals surface area contributed by atoms with Gasteiger partial charge in [-0.15, -0.1) is 0 Å². The fourth-order valence-electron chi connectivity index (χ4n) is 2.98. The van der Waals surface area contributed by atoms with E-state index in [2.05, 4.69) is 15.0 Å². The zero-order chi connectivity index (χ0) is 17.9. The second-order valence-corrected chi connectivity index (χ2v) is 8.22.